The standard InChI is InChI=1S/C20H26N2O.ClH/c1-15(2)22(14-17-10-6-4-7-11-17)20(23)16(3)19(21)18-12-8-5-9-13-18;/h4-13,15-16,19H,14,21H2,1-3H3;1H. The lowest BCUT2D eigenvalue weighted by molar-refractivity contribution is -0.138. The van der Waals surface area contributed by atoms with Crippen molar-refractivity contribution < 1.29 is 4.79 Å². The third kappa shape index (κ3) is 5.08. The van der Waals surface area contributed by atoms with E-state index in [2.05, 4.69) is 0 Å². The SMILES string of the molecule is CC(C(=O)N(Cc1ccccc1)C(C)C)C(N)c1ccccc1.Cl. The predicted molar refractivity (Wildman–Crippen MR) is 102 cm³/mol. The predicted octanol–water partition coefficient (Wildman–Crippen LogP) is 4.18. The number of amides is 1. The Hall–Kier alpha value is -1.84. The maximum absolute atomic E-state index is 12.9. The summed E-state index contributed by atoms with van der Waals surface area (Å²) in [6.45, 7) is 6.62. The van der Waals surface area contributed by atoms with E-state index in [0.717, 1.165) is 11.1 Å². The fourth-order valence-electron chi connectivity index (χ4n) is 2.67. The first-order chi connectivity index (χ1) is 11.0. The van der Waals surface area contributed by atoms with Gasteiger partial charge in [0.1, 0.15) is 0 Å². The van der Waals surface area contributed by atoms with Crippen molar-refractivity contribution in [2.24, 2.45) is 11.7 Å². The lowest BCUT2D eigenvalue weighted by Crippen LogP contribution is -2.42. The zero-order chi connectivity index (χ0) is 16.8. The van der Waals surface area contributed by atoms with Crippen LogP contribution in [0.1, 0.15) is 37.9 Å². The smallest absolute Gasteiger partial charge is 0.227 e. The van der Waals surface area contributed by atoms with Gasteiger partial charge in [-0.15, -0.1) is 12.4 Å². The van der Waals surface area contributed by atoms with Crippen molar-refractivity contribution in [3.63, 3.8) is 0 Å². The Kier molecular flexibility index (Phi) is 7.96. The molecule has 0 saturated heterocycles. The Morgan fingerprint density at radius 1 is 0.958 bits per heavy atom. The van der Waals surface area contributed by atoms with E-state index in [1.54, 1.807) is 0 Å². The van der Waals surface area contributed by atoms with Gasteiger partial charge in [-0.2, -0.15) is 0 Å². The summed E-state index contributed by atoms with van der Waals surface area (Å²) in [6, 6.07) is 19.7. The third-order valence-corrected chi connectivity index (χ3v) is 4.21. The van der Waals surface area contributed by atoms with Crippen LogP contribution in [0.4, 0.5) is 0 Å². The van der Waals surface area contributed by atoms with E-state index in [0.29, 0.717) is 6.54 Å². The monoisotopic (exact) mass is 346 g/mol. The average molecular weight is 347 g/mol. The molecule has 130 valence electrons. The van der Waals surface area contributed by atoms with Gasteiger partial charge < -0.3 is 10.6 Å². The van der Waals surface area contributed by atoms with Gasteiger partial charge in [-0.1, -0.05) is 67.6 Å². The number of hydrogen-bond acceptors (Lipinski definition) is 2. The topological polar surface area (TPSA) is 46.3 Å². The molecule has 0 aromatic heterocycles. The van der Waals surface area contributed by atoms with Gasteiger partial charge in [0.05, 0.1) is 5.92 Å². The second-order valence-corrected chi connectivity index (χ2v) is 6.27. The fraction of sp³-hybridized carbons (Fsp3) is 0.350. The highest BCUT2D eigenvalue weighted by Gasteiger charge is 2.28. The quantitative estimate of drug-likeness (QED) is 0.852. The van der Waals surface area contributed by atoms with Crippen LogP contribution in [0.25, 0.3) is 0 Å². The van der Waals surface area contributed by atoms with Crippen LogP contribution >= 0.6 is 12.4 Å². The molecule has 0 radical (unpaired) electrons. The van der Waals surface area contributed by atoms with E-state index in [1.807, 2.05) is 86.3 Å². The molecule has 0 saturated carbocycles. The number of nitrogens with zero attached hydrogens (tertiary/aromatic N) is 1. The maximum Gasteiger partial charge on any atom is 0.227 e. The van der Waals surface area contributed by atoms with Crippen molar-refractivity contribution >= 4 is 18.3 Å². The van der Waals surface area contributed by atoms with Gasteiger partial charge in [-0.25, -0.2) is 0 Å². The van der Waals surface area contributed by atoms with Gasteiger partial charge in [0.15, 0.2) is 0 Å². The fourth-order valence-corrected chi connectivity index (χ4v) is 2.67. The van der Waals surface area contributed by atoms with Crippen LogP contribution in [-0.2, 0) is 11.3 Å². The molecule has 0 fully saturated rings. The van der Waals surface area contributed by atoms with Crippen LogP contribution in [0.15, 0.2) is 60.7 Å². The second kappa shape index (κ2) is 9.45. The minimum absolute atomic E-state index is 0. The van der Waals surface area contributed by atoms with Gasteiger partial charge in [0, 0.05) is 18.6 Å². The van der Waals surface area contributed by atoms with Crippen molar-refractivity contribution in [3.05, 3.63) is 71.8 Å². The molecule has 2 aromatic rings. The summed E-state index contributed by atoms with van der Waals surface area (Å²) in [6.07, 6.45) is 0. The number of carbonyl (C=O) groups is 1. The molecule has 2 unspecified atom stereocenters. The average Bonchev–Trinajstić information content (AvgIpc) is 2.59. The van der Waals surface area contributed by atoms with Crippen molar-refractivity contribution in [2.75, 3.05) is 0 Å². The Bertz CT molecular complexity index is 616. The number of hydrogen-bond donors (Lipinski definition) is 1. The highest BCUT2D eigenvalue weighted by molar-refractivity contribution is 5.85. The normalized spacial score (nSPS) is 13.0. The maximum atomic E-state index is 12.9. The van der Waals surface area contributed by atoms with E-state index in [-0.39, 0.29) is 36.3 Å². The first-order valence-corrected chi connectivity index (χ1v) is 8.15. The Morgan fingerprint density at radius 2 is 1.46 bits per heavy atom. The van der Waals surface area contributed by atoms with Gasteiger partial charge >= 0.3 is 0 Å². The molecule has 24 heavy (non-hydrogen) atoms. The van der Waals surface area contributed by atoms with E-state index >= 15 is 0 Å². The number of benzene rings is 2. The molecule has 0 aliphatic rings. The molecule has 0 aliphatic heterocycles. The van der Waals surface area contributed by atoms with E-state index in [4.69, 9.17) is 5.73 Å². The largest absolute Gasteiger partial charge is 0.336 e. The highest BCUT2D eigenvalue weighted by Crippen LogP contribution is 2.23. The van der Waals surface area contributed by atoms with Crippen LogP contribution in [0.3, 0.4) is 0 Å². The summed E-state index contributed by atoms with van der Waals surface area (Å²) in [4.78, 5) is 14.9. The first-order valence-electron chi connectivity index (χ1n) is 8.15. The molecule has 2 rings (SSSR count). The molecule has 2 atom stereocenters. The van der Waals surface area contributed by atoms with Crippen molar-refractivity contribution in [1.82, 2.24) is 4.90 Å². The molecular weight excluding hydrogens is 320 g/mol. The number of rotatable bonds is 6. The molecule has 2 aromatic carbocycles. The van der Waals surface area contributed by atoms with Crippen LogP contribution in [0, 0.1) is 5.92 Å². The van der Waals surface area contributed by atoms with Crippen LogP contribution in [-0.4, -0.2) is 16.8 Å². The van der Waals surface area contributed by atoms with Crippen LogP contribution in [0.5, 0.6) is 0 Å². The number of halogens is 1. The van der Waals surface area contributed by atoms with Crippen molar-refractivity contribution in [2.45, 2.75) is 39.4 Å². The summed E-state index contributed by atoms with van der Waals surface area (Å²) in [7, 11) is 0. The summed E-state index contributed by atoms with van der Waals surface area (Å²) >= 11 is 0. The number of nitrogens with two attached hydrogens (primary N) is 1. The molecule has 0 bridgehead atoms. The van der Waals surface area contributed by atoms with Crippen molar-refractivity contribution in [1.29, 1.82) is 0 Å². The minimum Gasteiger partial charge on any atom is -0.336 e. The summed E-state index contributed by atoms with van der Waals surface area (Å²) < 4.78 is 0. The lowest BCUT2D eigenvalue weighted by Gasteiger charge is -2.31. The highest BCUT2D eigenvalue weighted by atomic mass is 35.5. The third-order valence-electron chi connectivity index (χ3n) is 4.21. The summed E-state index contributed by atoms with van der Waals surface area (Å²) in [5, 5.41) is 0. The molecule has 0 aliphatic carbocycles. The first kappa shape index (κ1) is 20.2. The van der Waals surface area contributed by atoms with E-state index in [1.165, 1.54) is 0 Å². The summed E-state index contributed by atoms with van der Waals surface area (Å²) in [5.74, 6) is -0.163. The Labute approximate surface area is 151 Å². The van der Waals surface area contributed by atoms with Gasteiger partial charge in [-0.05, 0) is 25.0 Å². The Morgan fingerprint density at radius 3 is 1.96 bits per heavy atom. The van der Waals surface area contributed by atoms with E-state index in [9.17, 15) is 4.79 Å². The molecule has 3 nitrogen and oxygen atoms in total. The second-order valence-electron chi connectivity index (χ2n) is 6.27. The zero-order valence-electron chi connectivity index (χ0n) is 14.6. The molecule has 0 spiro atoms. The lowest BCUT2D eigenvalue weighted by atomic mass is 9.93. The van der Waals surface area contributed by atoms with E-state index < -0.39 is 0 Å². The summed E-state index contributed by atoms with van der Waals surface area (Å²) in [5.41, 5.74) is 8.45. The van der Waals surface area contributed by atoms with Crippen LogP contribution < -0.4 is 5.73 Å². The molecule has 0 heterocycles. The van der Waals surface area contributed by atoms with Gasteiger partial charge in [0.2, 0.25) is 5.91 Å². The molecule has 2 N–H and O–H groups in total. The zero-order valence-corrected chi connectivity index (χ0v) is 15.4. The molecule has 1 amide bonds. The Balaban J connectivity index is 0.00000288. The number of carbonyl (C=O) groups excluding carboxylic acids is 1. The van der Waals surface area contributed by atoms with Gasteiger partial charge in [-0.3, -0.25) is 4.79 Å². The minimum atomic E-state index is -0.291. The molecule has 4 heteroatoms. The molecular formula is C20H27ClN2O. The van der Waals surface area contributed by atoms with Crippen molar-refractivity contribution in [3.8, 4) is 0 Å². The van der Waals surface area contributed by atoms with Crippen LogP contribution in [0.2, 0.25) is 0 Å². The van der Waals surface area contributed by atoms with Gasteiger partial charge in [0.25, 0.3) is 0 Å².